The molecule has 2 atom stereocenters. The molecule has 0 bridgehead atoms. The number of unbranched alkanes of at least 4 members (excludes halogenated alkanes) is 1. The third kappa shape index (κ3) is 13.1. The Hall–Kier alpha value is -4.50. The van der Waals surface area contributed by atoms with Gasteiger partial charge in [-0.2, -0.15) is 0 Å². The zero-order chi connectivity index (χ0) is 35.6. The summed E-state index contributed by atoms with van der Waals surface area (Å²) in [5.41, 5.74) is 4.50. The Morgan fingerprint density at radius 1 is 0.959 bits per heavy atom. The summed E-state index contributed by atoms with van der Waals surface area (Å²) in [6.45, 7) is 6.14. The molecule has 0 aliphatic rings. The van der Waals surface area contributed by atoms with Crippen molar-refractivity contribution in [2.45, 2.75) is 71.5 Å². The fourth-order valence-electron chi connectivity index (χ4n) is 5.05. The highest BCUT2D eigenvalue weighted by Gasteiger charge is 2.34. The zero-order valence-electron chi connectivity index (χ0n) is 27.9. The Labute approximate surface area is 290 Å². The van der Waals surface area contributed by atoms with E-state index in [2.05, 4.69) is 26.4 Å². The lowest BCUT2D eigenvalue weighted by molar-refractivity contribution is -0.180. The number of halogens is 1. The molecule has 0 unspecified atom stereocenters. The molecule has 15 heteroatoms. The van der Waals surface area contributed by atoms with Gasteiger partial charge in [-0.15, -0.1) is 0 Å². The molecule has 1 heterocycles. The van der Waals surface area contributed by atoms with Crippen LogP contribution in [0.5, 0.6) is 0 Å². The van der Waals surface area contributed by atoms with Crippen LogP contribution in [0, 0.1) is 0 Å². The Bertz CT molecular complexity index is 1500. The summed E-state index contributed by atoms with van der Waals surface area (Å²) in [4.78, 5) is 61.9. The Morgan fingerprint density at radius 3 is 2.37 bits per heavy atom. The van der Waals surface area contributed by atoms with Crippen molar-refractivity contribution in [2.24, 2.45) is 0 Å². The number of fused-ring (bicyclic) bond motifs is 1. The van der Waals surface area contributed by atoms with Gasteiger partial charge < -0.3 is 35.4 Å². The number of benzene rings is 2. The van der Waals surface area contributed by atoms with Crippen molar-refractivity contribution in [2.75, 3.05) is 26.4 Å². The SMILES string of the molecule is CCOC(OCC)[C@H](C)N(Cc1cccc2cccnc12)C(=O)[C@H](CCCCNC(=O)O)NC(=O)CONC(=O)NCc1ccc(Cl)cc1. The second kappa shape index (κ2) is 20.8. The van der Waals surface area contributed by atoms with Gasteiger partial charge in [0.25, 0.3) is 0 Å². The van der Waals surface area contributed by atoms with Crippen molar-refractivity contribution < 1.29 is 38.6 Å². The van der Waals surface area contributed by atoms with Crippen LogP contribution in [0.2, 0.25) is 5.02 Å². The van der Waals surface area contributed by atoms with Gasteiger partial charge in [-0.05, 0) is 69.4 Å². The summed E-state index contributed by atoms with van der Waals surface area (Å²) in [5, 5.41) is 18.1. The van der Waals surface area contributed by atoms with E-state index < -0.39 is 48.9 Å². The molecule has 14 nitrogen and oxygen atoms in total. The van der Waals surface area contributed by atoms with Crippen LogP contribution in [-0.4, -0.2) is 83.7 Å². The molecule has 49 heavy (non-hydrogen) atoms. The fraction of sp³-hybridized carbons (Fsp3) is 0.441. The first-order chi connectivity index (χ1) is 23.6. The summed E-state index contributed by atoms with van der Waals surface area (Å²) in [7, 11) is 0. The van der Waals surface area contributed by atoms with Gasteiger partial charge in [-0.25, -0.2) is 15.1 Å². The summed E-state index contributed by atoms with van der Waals surface area (Å²) in [5.74, 6) is -1.05. The maximum absolute atomic E-state index is 14.4. The third-order valence-corrected chi connectivity index (χ3v) is 7.70. The van der Waals surface area contributed by atoms with Crippen molar-refractivity contribution in [1.29, 1.82) is 0 Å². The number of hydrogen-bond acceptors (Lipinski definition) is 8. The topological polar surface area (TPSA) is 180 Å². The van der Waals surface area contributed by atoms with Gasteiger partial charge in [-0.1, -0.05) is 48.0 Å². The highest BCUT2D eigenvalue weighted by Crippen LogP contribution is 2.22. The number of rotatable bonds is 20. The maximum Gasteiger partial charge on any atom is 0.404 e. The van der Waals surface area contributed by atoms with Gasteiger partial charge >= 0.3 is 12.1 Å². The van der Waals surface area contributed by atoms with Crippen molar-refractivity contribution in [3.63, 3.8) is 0 Å². The van der Waals surface area contributed by atoms with Crippen LogP contribution in [0.3, 0.4) is 0 Å². The lowest BCUT2D eigenvalue weighted by atomic mass is 10.0. The molecule has 2 aromatic carbocycles. The van der Waals surface area contributed by atoms with E-state index in [0.717, 1.165) is 22.0 Å². The van der Waals surface area contributed by atoms with Crippen LogP contribution in [0.25, 0.3) is 10.9 Å². The molecule has 3 aromatic rings. The Balaban J connectivity index is 1.76. The quantitative estimate of drug-likeness (QED) is 0.0650. The van der Waals surface area contributed by atoms with Crippen LogP contribution in [-0.2, 0) is 37.0 Å². The van der Waals surface area contributed by atoms with Gasteiger partial charge in [0.1, 0.15) is 6.04 Å². The lowest BCUT2D eigenvalue weighted by Crippen LogP contribution is -2.55. The van der Waals surface area contributed by atoms with E-state index in [9.17, 15) is 19.2 Å². The summed E-state index contributed by atoms with van der Waals surface area (Å²) < 4.78 is 11.7. The predicted octanol–water partition coefficient (Wildman–Crippen LogP) is 4.36. The molecule has 0 radical (unpaired) electrons. The Morgan fingerprint density at radius 2 is 1.67 bits per heavy atom. The van der Waals surface area contributed by atoms with E-state index >= 15 is 0 Å². The number of para-hydroxylation sites is 1. The molecular weight excluding hydrogens is 656 g/mol. The maximum atomic E-state index is 14.4. The van der Waals surface area contributed by atoms with E-state index in [4.69, 9.17) is 31.0 Å². The van der Waals surface area contributed by atoms with Gasteiger partial charge in [0.05, 0.1) is 11.6 Å². The number of carbonyl (C=O) groups is 4. The van der Waals surface area contributed by atoms with Crippen molar-refractivity contribution >= 4 is 46.4 Å². The molecule has 0 saturated heterocycles. The number of carboxylic acid groups (broad SMARTS) is 1. The van der Waals surface area contributed by atoms with E-state index in [0.29, 0.717) is 31.1 Å². The molecule has 0 aliphatic heterocycles. The monoisotopic (exact) mass is 700 g/mol. The second-order valence-electron chi connectivity index (χ2n) is 11.0. The van der Waals surface area contributed by atoms with E-state index in [-0.39, 0.29) is 26.1 Å². The predicted molar refractivity (Wildman–Crippen MR) is 183 cm³/mol. The van der Waals surface area contributed by atoms with Crippen LogP contribution in [0.15, 0.2) is 60.8 Å². The molecule has 0 fully saturated rings. The first kappa shape index (κ1) is 38.9. The molecule has 5 amide bonds. The molecule has 0 saturated carbocycles. The molecule has 0 spiro atoms. The zero-order valence-corrected chi connectivity index (χ0v) is 28.7. The highest BCUT2D eigenvalue weighted by molar-refractivity contribution is 6.30. The van der Waals surface area contributed by atoms with Crippen molar-refractivity contribution in [3.8, 4) is 0 Å². The highest BCUT2D eigenvalue weighted by atomic mass is 35.5. The first-order valence-corrected chi connectivity index (χ1v) is 16.5. The van der Waals surface area contributed by atoms with Crippen LogP contribution >= 0.6 is 11.6 Å². The number of nitrogens with zero attached hydrogens (tertiary/aromatic N) is 2. The number of hydroxylamine groups is 1. The second-order valence-corrected chi connectivity index (χ2v) is 11.5. The standard InChI is InChI=1S/C34H45ClN6O8/c1-4-47-32(48-5-2)23(3)41(21-26-11-8-10-25-12-9-19-36-30(25)26)31(43)28(13-6-7-18-37-34(45)46)39-29(42)22-49-40-33(44)38-20-24-14-16-27(35)17-15-24/h8-12,14-17,19,23,28,32,37H,4-7,13,18,20-22H2,1-3H3,(H,39,42)(H,45,46)(H2,38,40,44)/t23-,28-/m0/s1. The van der Waals surface area contributed by atoms with E-state index in [1.165, 1.54) is 0 Å². The van der Waals surface area contributed by atoms with Crippen molar-refractivity contribution in [3.05, 3.63) is 76.9 Å². The Kier molecular flexibility index (Phi) is 16.5. The normalized spacial score (nSPS) is 12.3. The number of amides is 5. The number of nitrogens with one attached hydrogen (secondary N) is 4. The van der Waals surface area contributed by atoms with E-state index in [1.54, 1.807) is 35.4 Å². The van der Waals surface area contributed by atoms with Gasteiger partial charge in [0.2, 0.25) is 11.8 Å². The minimum atomic E-state index is -1.15. The number of ether oxygens (including phenoxy) is 2. The smallest absolute Gasteiger partial charge is 0.404 e. The summed E-state index contributed by atoms with van der Waals surface area (Å²) >= 11 is 5.89. The largest absolute Gasteiger partial charge is 0.465 e. The average molecular weight is 701 g/mol. The number of pyridine rings is 1. The number of hydrogen-bond donors (Lipinski definition) is 5. The van der Waals surface area contributed by atoms with Crippen molar-refractivity contribution in [1.82, 2.24) is 31.3 Å². The minimum absolute atomic E-state index is 0.143. The average Bonchev–Trinajstić information content (AvgIpc) is 3.09. The molecule has 1 aromatic heterocycles. The van der Waals surface area contributed by atoms with Gasteiger partial charge in [0.15, 0.2) is 12.9 Å². The number of urea groups is 1. The molecule has 3 rings (SSSR count). The molecule has 5 N–H and O–H groups in total. The number of carbonyl (C=O) groups excluding carboxylic acids is 3. The van der Waals surface area contributed by atoms with E-state index in [1.807, 2.05) is 51.1 Å². The fourth-order valence-corrected chi connectivity index (χ4v) is 5.18. The number of aromatic nitrogens is 1. The van der Waals surface area contributed by atoms with Gasteiger partial charge in [0, 0.05) is 49.5 Å². The summed E-state index contributed by atoms with van der Waals surface area (Å²) in [6.07, 6.45) is 0.834. The first-order valence-electron chi connectivity index (χ1n) is 16.1. The molecular formula is C34H45ClN6O8. The summed E-state index contributed by atoms with van der Waals surface area (Å²) in [6, 6.07) is 14.1. The van der Waals surface area contributed by atoms with Gasteiger partial charge in [-0.3, -0.25) is 19.4 Å². The molecule has 266 valence electrons. The van der Waals surface area contributed by atoms with Crippen LogP contribution in [0.1, 0.15) is 51.2 Å². The third-order valence-electron chi connectivity index (χ3n) is 7.45. The lowest BCUT2D eigenvalue weighted by Gasteiger charge is -2.36. The van der Waals surface area contributed by atoms with Crippen LogP contribution < -0.4 is 21.4 Å². The minimum Gasteiger partial charge on any atom is -0.465 e. The van der Waals surface area contributed by atoms with Crippen LogP contribution in [0.4, 0.5) is 9.59 Å². The molecule has 0 aliphatic carbocycles.